The first-order valence-electron chi connectivity index (χ1n) is 9.03. The van der Waals surface area contributed by atoms with Crippen LogP contribution in [0.2, 0.25) is 0 Å². The van der Waals surface area contributed by atoms with Crippen LogP contribution in [0.3, 0.4) is 0 Å². The standard InChI is InChI=1S/C21H24BrNO2/c22-19-14-23(13-15-6-2-1-3-7-15)16-8-5-11-21(19,12-16)17-9-4-10-18(24)20(17)25/h1-4,6-7,9-10,16,19,24-25H,5,8,11-14H2/t16-,19-,21+/m1/s1. The molecule has 2 fully saturated rings. The Kier molecular flexibility index (Phi) is 4.50. The van der Waals surface area contributed by atoms with Gasteiger partial charge in [-0.05, 0) is 30.9 Å². The molecule has 0 amide bonds. The first-order chi connectivity index (χ1) is 12.1. The van der Waals surface area contributed by atoms with E-state index in [0.717, 1.165) is 37.9 Å². The molecule has 4 heteroatoms. The molecule has 1 aliphatic heterocycles. The predicted molar refractivity (Wildman–Crippen MR) is 103 cm³/mol. The van der Waals surface area contributed by atoms with Gasteiger partial charge in [-0.25, -0.2) is 0 Å². The normalized spacial score (nSPS) is 29.5. The first-order valence-corrected chi connectivity index (χ1v) is 9.95. The second-order valence-corrected chi connectivity index (χ2v) is 8.57. The zero-order valence-corrected chi connectivity index (χ0v) is 15.8. The van der Waals surface area contributed by atoms with E-state index in [1.165, 1.54) is 12.0 Å². The summed E-state index contributed by atoms with van der Waals surface area (Å²) in [6.45, 7) is 1.92. The third-order valence-corrected chi connectivity index (χ3v) is 7.22. The second-order valence-electron chi connectivity index (χ2n) is 7.46. The third kappa shape index (κ3) is 2.96. The Morgan fingerprint density at radius 3 is 2.68 bits per heavy atom. The summed E-state index contributed by atoms with van der Waals surface area (Å²) in [5.74, 6) is 0.0459. The van der Waals surface area contributed by atoms with Gasteiger partial charge in [-0.1, -0.05) is 64.8 Å². The average Bonchev–Trinajstić information content (AvgIpc) is 2.63. The largest absolute Gasteiger partial charge is 0.504 e. The van der Waals surface area contributed by atoms with Crippen molar-refractivity contribution in [2.45, 2.75) is 48.5 Å². The summed E-state index contributed by atoms with van der Waals surface area (Å²) in [5, 5.41) is 20.5. The minimum absolute atomic E-state index is 0.0135. The maximum Gasteiger partial charge on any atom is 0.161 e. The van der Waals surface area contributed by atoms with Crippen molar-refractivity contribution in [3.8, 4) is 11.5 Å². The highest BCUT2D eigenvalue weighted by atomic mass is 79.9. The highest BCUT2D eigenvalue weighted by molar-refractivity contribution is 9.09. The van der Waals surface area contributed by atoms with Crippen molar-refractivity contribution in [3.63, 3.8) is 0 Å². The van der Waals surface area contributed by atoms with Crippen molar-refractivity contribution in [2.75, 3.05) is 6.54 Å². The van der Waals surface area contributed by atoms with Crippen LogP contribution in [0.5, 0.6) is 11.5 Å². The number of aromatic hydroxyl groups is 2. The lowest BCUT2D eigenvalue weighted by molar-refractivity contribution is 0.0521. The number of likely N-dealkylation sites (tertiary alicyclic amines) is 1. The third-order valence-electron chi connectivity index (χ3n) is 6.05. The Labute approximate surface area is 157 Å². The second kappa shape index (κ2) is 6.65. The van der Waals surface area contributed by atoms with Crippen LogP contribution in [0.4, 0.5) is 0 Å². The Balaban J connectivity index is 1.64. The number of piperidine rings is 1. The summed E-state index contributed by atoms with van der Waals surface area (Å²) in [6.07, 6.45) is 4.42. The molecule has 2 aromatic rings. The topological polar surface area (TPSA) is 43.7 Å². The van der Waals surface area contributed by atoms with Gasteiger partial charge in [0.1, 0.15) is 0 Å². The zero-order valence-electron chi connectivity index (χ0n) is 14.2. The van der Waals surface area contributed by atoms with Crippen molar-refractivity contribution in [3.05, 3.63) is 59.7 Å². The zero-order chi connectivity index (χ0) is 17.4. The van der Waals surface area contributed by atoms with Gasteiger partial charge >= 0.3 is 0 Å². The van der Waals surface area contributed by atoms with E-state index in [1.807, 2.05) is 12.1 Å². The average molecular weight is 402 g/mol. The highest BCUT2D eigenvalue weighted by Gasteiger charge is 2.50. The number of hydrogen-bond acceptors (Lipinski definition) is 3. The SMILES string of the molecule is Oc1cccc([C@]23CCC[C@H](C2)N(Cc2ccccc2)C[C@H]3Br)c1O. The quantitative estimate of drug-likeness (QED) is 0.585. The summed E-state index contributed by atoms with van der Waals surface area (Å²) in [5.41, 5.74) is 2.15. The molecule has 132 valence electrons. The van der Waals surface area contributed by atoms with Gasteiger partial charge in [0.2, 0.25) is 0 Å². The number of alkyl halides is 1. The minimum atomic E-state index is -0.0983. The smallest absolute Gasteiger partial charge is 0.161 e. The number of rotatable bonds is 3. The minimum Gasteiger partial charge on any atom is -0.504 e. The number of halogens is 1. The molecule has 25 heavy (non-hydrogen) atoms. The molecule has 1 heterocycles. The van der Waals surface area contributed by atoms with E-state index >= 15 is 0 Å². The molecule has 1 aliphatic carbocycles. The summed E-state index contributed by atoms with van der Waals surface area (Å²) in [4.78, 5) is 2.83. The fraction of sp³-hybridized carbons (Fsp3) is 0.429. The van der Waals surface area contributed by atoms with E-state index in [9.17, 15) is 10.2 Å². The van der Waals surface area contributed by atoms with Gasteiger partial charge in [-0.3, -0.25) is 4.90 Å². The molecule has 0 spiro atoms. The van der Waals surface area contributed by atoms with Gasteiger partial charge in [-0.15, -0.1) is 0 Å². The number of benzene rings is 2. The van der Waals surface area contributed by atoms with E-state index in [0.29, 0.717) is 6.04 Å². The van der Waals surface area contributed by atoms with Crippen molar-refractivity contribution in [1.82, 2.24) is 4.90 Å². The Hall–Kier alpha value is -1.52. The van der Waals surface area contributed by atoms with Gasteiger partial charge in [0.25, 0.3) is 0 Å². The lowest BCUT2D eigenvalue weighted by Crippen LogP contribution is -2.57. The van der Waals surface area contributed by atoms with Crippen LogP contribution in [-0.2, 0) is 12.0 Å². The van der Waals surface area contributed by atoms with E-state index < -0.39 is 0 Å². The summed E-state index contributed by atoms with van der Waals surface area (Å²) in [7, 11) is 0. The van der Waals surface area contributed by atoms with Gasteiger partial charge in [-0.2, -0.15) is 0 Å². The summed E-state index contributed by atoms with van der Waals surface area (Å²) in [6, 6.07) is 16.5. The van der Waals surface area contributed by atoms with E-state index in [1.54, 1.807) is 6.07 Å². The molecule has 2 aliphatic rings. The number of phenols is 2. The molecule has 0 unspecified atom stereocenters. The Morgan fingerprint density at radius 1 is 1.08 bits per heavy atom. The lowest BCUT2D eigenvalue weighted by atomic mass is 9.63. The van der Waals surface area contributed by atoms with Crippen LogP contribution in [0, 0.1) is 0 Å². The van der Waals surface area contributed by atoms with E-state index in [2.05, 4.69) is 51.2 Å². The molecule has 4 rings (SSSR count). The number of nitrogens with zero attached hydrogens (tertiary/aromatic N) is 1. The van der Waals surface area contributed by atoms with Crippen molar-refractivity contribution in [1.29, 1.82) is 0 Å². The maximum atomic E-state index is 10.5. The Morgan fingerprint density at radius 2 is 1.88 bits per heavy atom. The monoisotopic (exact) mass is 401 g/mol. The number of phenolic OH excluding ortho intramolecular Hbond substituents is 2. The van der Waals surface area contributed by atoms with E-state index in [-0.39, 0.29) is 21.7 Å². The molecule has 0 aromatic heterocycles. The van der Waals surface area contributed by atoms with Crippen LogP contribution >= 0.6 is 15.9 Å². The molecule has 2 bridgehead atoms. The molecule has 2 aromatic carbocycles. The van der Waals surface area contributed by atoms with Crippen molar-refractivity contribution in [2.24, 2.45) is 0 Å². The summed E-state index contributed by atoms with van der Waals surface area (Å²) >= 11 is 3.95. The molecule has 2 N–H and O–H groups in total. The molecule has 3 atom stereocenters. The van der Waals surface area contributed by atoms with Gasteiger partial charge in [0, 0.05) is 34.9 Å². The van der Waals surface area contributed by atoms with Crippen molar-refractivity contribution >= 4 is 15.9 Å². The number of fused-ring (bicyclic) bond motifs is 2. The van der Waals surface area contributed by atoms with Crippen LogP contribution in [0.1, 0.15) is 36.8 Å². The van der Waals surface area contributed by atoms with Crippen LogP contribution in [-0.4, -0.2) is 32.5 Å². The summed E-state index contributed by atoms with van der Waals surface area (Å²) < 4.78 is 0. The predicted octanol–water partition coefficient (Wildman–Crippen LogP) is 4.56. The molecule has 3 nitrogen and oxygen atoms in total. The molecule has 0 radical (unpaired) electrons. The fourth-order valence-corrected chi connectivity index (χ4v) is 5.80. The molecular weight excluding hydrogens is 378 g/mol. The fourth-order valence-electron chi connectivity index (χ4n) is 4.76. The lowest BCUT2D eigenvalue weighted by Gasteiger charge is -2.53. The van der Waals surface area contributed by atoms with Crippen LogP contribution in [0.15, 0.2) is 48.5 Å². The van der Waals surface area contributed by atoms with E-state index in [4.69, 9.17) is 0 Å². The highest BCUT2D eigenvalue weighted by Crippen LogP contribution is 2.53. The number of hydrogen-bond donors (Lipinski definition) is 2. The first kappa shape index (κ1) is 16.9. The molecule has 1 saturated heterocycles. The van der Waals surface area contributed by atoms with Crippen molar-refractivity contribution < 1.29 is 10.2 Å². The molecule has 1 saturated carbocycles. The maximum absolute atomic E-state index is 10.5. The number of para-hydroxylation sites is 1. The van der Waals surface area contributed by atoms with Gasteiger partial charge in [0.15, 0.2) is 11.5 Å². The molecular formula is C21H24BrNO2. The van der Waals surface area contributed by atoms with Crippen LogP contribution < -0.4 is 0 Å². The van der Waals surface area contributed by atoms with Gasteiger partial charge < -0.3 is 10.2 Å². The van der Waals surface area contributed by atoms with Gasteiger partial charge in [0.05, 0.1) is 0 Å². The van der Waals surface area contributed by atoms with Crippen LogP contribution in [0.25, 0.3) is 0 Å². The Bertz CT molecular complexity index is 751.